The van der Waals surface area contributed by atoms with Gasteiger partial charge in [-0.25, -0.2) is 9.50 Å². The minimum atomic E-state index is -0.0293. The second kappa shape index (κ2) is 3.56. The molecule has 92 valence electrons. The van der Waals surface area contributed by atoms with Crippen molar-refractivity contribution in [1.29, 1.82) is 0 Å². The number of nitrogens with zero attached hydrogens (tertiary/aromatic N) is 3. The SMILES string of the molecule is CC(C)(C)c1nc(C(C)(C)C)c2cccn2n1. The lowest BCUT2D eigenvalue weighted by Crippen LogP contribution is -2.23. The fourth-order valence-electron chi connectivity index (χ4n) is 1.80. The van der Waals surface area contributed by atoms with Crippen LogP contribution in [0.15, 0.2) is 18.3 Å². The molecule has 3 heteroatoms. The minimum absolute atomic E-state index is 0.0293. The molecule has 0 radical (unpaired) electrons. The summed E-state index contributed by atoms with van der Waals surface area (Å²) in [7, 11) is 0. The third-order valence-electron chi connectivity index (χ3n) is 2.77. The summed E-state index contributed by atoms with van der Waals surface area (Å²) < 4.78 is 1.94. The molecule has 0 aromatic carbocycles. The van der Waals surface area contributed by atoms with Gasteiger partial charge >= 0.3 is 0 Å². The molecule has 17 heavy (non-hydrogen) atoms. The molecule has 0 spiro atoms. The Balaban J connectivity index is 2.76. The van der Waals surface area contributed by atoms with Gasteiger partial charge in [-0.1, -0.05) is 41.5 Å². The van der Waals surface area contributed by atoms with Crippen LogP contribution in [0.25, 0.3) is 5.52 Å². The maximum absolute atomic E-state index is 4.78. The summed E-state index contributed by atoms with van der Waals surface area (Å²) in [5.74, 6) is 0.895. The first-order valence-corrected chi connectivity index (χ1v) is 6.06. The molecule has 2 aromatic heterocycles. The zero-order valence-corrected chi connectivity index (χ0v) is 11.6. The van der Waals surface area contributed by atoms with E-state index in [4.69, 9.17) is 4.98 Å². The summed E-state index contributed by atoms with van der Waals surface area (Å²) in [6.07, 6.45) is 1.99. The van der Waals surface area contributed by atoms with Crippen molar-refractivity contribution in [3.8, 4) is 0 Å². The first-order valence-electron chi connectivity index (χ1n) is 6.06. The molecule has 2 aromatic rings. The lowest BCUT2D eigenvalue weighted by molar-refractivity contribution is 0.500. The summed E-state index contributed by atoms with van der Waals surface area (Å²) in [6.45, 7) is 13.0. The van der Waals surface area contributed by atoms with E-state index < -0.39 is 0 Å². The predicted octanol–water partition coefficient (Wildman–Crippen LogP) is 3.32. The van der Waals surface area contributed by atoms with Crippen molar-refractivity contribution in [2.24, 2.45) is 0 Å². The van der Waals surface area contributed by atoms with Crippen LogP contribution in [0.1, 0.15) is 53.1 Å². The first kappa shape index (κ1) is 12.1. The molecule has 0 aliphatic rings. The summed E-state index contributed by atoms with van der Waals surface area (Å²) in [4.78, 5) is 4.78. The third kappa shape index (κ3) is 2.19. The number of hydrogen-bond donors (Lipinski definition) is 0. The van der Waals surface area contributed by atoms with Crippen molar-refractivity contribution in [3.05, 3.63) is 29.8 Å². The van der Waals surface area contributed by atoms with E-state index in [1.165, 1.54) is 0 Å². The van der Waals surface area contributed by atoms with Gasteiger partial charge in [0.25, 0.3) is 0 Å². The largest absolute Gasteiger partial charge is 0.237 e. The van der Waals surface area contributed by atoms with E-state index in [1.807, 2.05) is 16.8 Å². The lowest BCUT2D eigenvalue weighted by Gasteiger charge is -2.23. The van der Waals surface area contributed by atoms with Crippen LogP contribution in [0.2, 0.25) is 0 Å². The smallest absolute Gasteiger partial charge is 0.154 e. The Kier molecular flexibility index (Phi) is 2.53. The van der Waals surface area contributed by atoms with Crippen LogP contribution in [0.5, 0.6) is 0 Å². The second-order valence-electron chi connectivity index (χ2n) is 6.62. The van der Waals surface area contributed by atoms with Gasteiger partial charge in [0.05, 0.1) is 11.2 Å². The molecule has 0 aliphatic carbocycles. The van der Waals surface area contributed by atoms with Gasteiger partial charge in [-0.15, -0.1) is 0 Å². The monoisotopic (exact) mass is 231 g/mol. The van der Waals surface area contributed by atoms with Gasteiger partial charge in [0.15, 0.2) is 5.82 Å². The third-order valence-corrected chi connectivity index (χ3v) is 2.77. The fourth-order valence-corrected chi connectivity index (χ4v) is 1.80. The number of hydrogen-bond acceptors (Lipinski definition) is 2. The van der Waals surface area contributed by atoms with Crippen molar-refractivity contribution in [2.75, 3.05) is 0 Å². The number of rotatable bonds is 0. The molecule has 0 fully saturated rings. The van der Waals surface area contributed by atoms with Crippen molar-refractivity contribution in [2.45, 2.75) is 52.4 Å². The predicted molar refractivity (Wildman–Crippen MR) is 70.4 cm³/mol. The summed E-state index contributed by atoms with van der Waals surface area (Å²) in [6, 6.07) is 4.10. The Bertz CT molecular complexity index is 539. The van der Waals surface area contributed by atoms with Crippen molar-refractivity contribution in [3.63, 3.8) is 0 Å². The van der Waals surface area contributed by atoms with E-state index in [9.17, 15) is 0 Å². The molecule has 0 saturated heterocycles. The number of fused-ring (bicyclic) bond motifs is 1. The maximum Gasteiger partial charge on any atom is 0.154 e. The molecule has 2 heterocycles. The second-order valence-corrected chi connectivity index (χ2v) is 6.62. The van der Waals surface area contributed by atoms with Crippen molar-refractivity contribution >= 4 is 5.52 Å². The molecule has 0 unspecified atom stereocenters. The highest BCUT2D eigenvalue weighted by Crippen LogP contribution is 2.27. The lowest BCUT2D eigenvalue weighted by atomic mass is 9.90. The van der Waals surface area contributed by atoms with E-state index in [-0.39, 0.29) is 10.8 Å². The summed E-state index contributed by atoms with van der Waals surface area (Å²) in [5, 5.41) is 4.59. The van der Waals surface area contributed by atoms with Crippen LogP contribution < -0.4 is 0 Å². The van der Waals surface area contributed by atoms with Crippen molar-refractivity contribution in [1.82, 2.24) is 14.6 Å². The Morgan fingerprint density at radius 2 is 1.65 bits per heavy atom. The van der Waals surface area contributed by atoms with Crippen molar-refractivity contribution < 1.29 is 0 Å². The van der Waals surface area contributed by atoms with Crippen LogP contribution >= 0.6 is 0 Å². The zero-order chi connectivity index (χ0) is 12.8. The van der Waals surface area contributed by atoms with Crippen LogP contribution in [-0.2, 0) is 10.8 Å². The van der Waals surface area contributed by atoms with Crippen LogP contribution in [0, 0.1) is 0 Å². The Labute approximate surface area is 103 Å². The van der Waals surface area contributed by atoms with E-state index >= 15 is 0 Å². The molecule has 0 bridgehead atoms. The van der Waals surface area contributed by atoms with E-state index in [1.54, 1.807) is 0 Å². The molecule has 0 amide bonds. The average Bonchev–Trinajstić information content (AvgIpc) is 2.59. The molecule has 3 nitrogen and oxygen atoms in total. The van der Waals surface area contributed by atoms with Gasteiger partial charge in [-0.05, 0) is 12.1 Å². The molecule has 0 aliphatic heterocycles. The van der Waals surface area contributed by atoms with Gasteiger partial charge in [0.1, 0.15) is 0 Å². The molecular formula is C14H21N3. The quantitative estimate of drug-likeness (QED) is 0.696. The standard InChI is InChI=1S/C14H21N3/c1-13(2,3)11-10-8-7-9-17(10)16-12(15-11)14(4,5)6/h7-9H,1-6H3. The maximum atomic E-state index is 4.78. The highest BCUT2D eigenvalue weighted by atomic mass is 15.3. The summed E-state index contributed by atoms with van der Waals surface area (Å²) >= 11 is 0. The average molecular weight is 231 g/mol. The Morgan fingerprint density at radius 3 is 2.18 bits per heavy atom. The Morgan fingerprint density at radius 1 is 1.00 bits per heavy atom. The van der Waals surface area contributed by atoms with Gasteiger partial charge in [-0.2, -0.15) is 5.10 Å². The first-order chi connectivity index (χ1) is 7.69. The molecule has 0 N–H and O–H groups in total. The fraction of sp³-hybridized carbons (Fsp3) is 0.571. The van der Waals surface area contributed by atoms with Gasteiger partial charge in [0.2, 0.25) is 0 Å². The van der Waals surface area contributed by atoms with Crippen LogP contribution in [0.4, 0.5) is 0 Å². The van der Waals surface area contributed by atoms with Crippen LogP contribution in [-0.4, -0.2) is 14.6 Å². The topological polar surface area (TPSA) is 30.2 Å². The van der Waals surface area contributed by atoms with E-state index in [0.717, 1.165) is 17.0 Å². The molecule has 0 saturated carbocycles. The highest BCUT2D eigenvalue weighted by molar-refractivity contribution is 5.54. The minimum Gasteiger partial charge on any atom is -0.237 e. The number of aromatic nitrogens is 3. The van der Waals surface area contributed by atoms with Gasteiger partial charge < -0.3 is 0 Å². The molecule has 2 rings (SSSR count). The van der Waals surface area contributed by atoms with E-state index in [0.29, 0.717) is 0 Å². The normalized spacial score (nSPS) is 13.3. The summed E-state index contributed by atoms with van der Waals surface area (Å²) in [5.41, 5.74) is 2.22. The molecule has 0 atom stereocenters. The highest BCUT2D eigenvalue weighted by Gasteiger charge is 2.25. The zero-order valence-electron chi connectivity index (χ0n) is 11.6. The van der Waals surface area contributed by atoms with E-state index in [2.05, 4.69) is 52.7 Å². The van der Waals surface area contributed by atoms with Crippen LogP contribution in [0.3, 0.4) is 0 Å². The van der Waals surface area contributed by atoms with Gasteiger partial charge in [0, 0.05) is 17.0 Å². The van der Waals surface area contributed by atoms with Gasteiger partial charge in [-0.3, -0.25) is 0 Å². The molecular weight excluding hydrogens is 210 g/mol. The Hall–Kier alpha value is -1.38.